The molecule has 0 saturated carbocycles. The lowest BCUT2D eigenvalue weighted by Gasteiger charge is -2.31. The standard InChI is InChI=1S/2C57H45NO/c1-55(2)47-16-10-7-13-39(47)42-25-21-36(31-50(42)55)58(37-22-26-43-40-14-8-11-17-48(40)56(3,4)51(43)32-37)38-23-27-44-41-24-19-35(30-49(41)57(5,6)52(44)33-38)34-20-28-54-46(29-34)45-15-9-12-18-53(45)59-54;1-55(2)47-16-10-7-13-39(47)42-26-21-36(31-50(42)55)58(37-22-27-43-40-14-8-11-17-48(40)56(3,4)51(43)32-37)38-23-28-44-41-24-19-34(29-49(41)57(5,6)52(44)33-38)35-20-25-46-45-15-9-12-18-53(45)59-54(46)30-35/h2*7-33H,1-6H3. The molecule has 2 aromatic heterocycles. The quantitative estimate of drug-likeness (QED) is 0.152. The zero-order chi connectivity index (χ0) is 80.0. The summed E-state index contributed by atoms with van der Waals surface area (Å²) in [5.74, 6) is 0. The number of furan rings is 2. The maximum absolute atomic E-state index is 6.31. The second kappa shape index (κ2) is 24.6. The fourth-order valence-electron chi connectivity index (χ4n) is 22.1. The van der Waals surface area contributed by atoms with Crippen LogP contribution in [0.1, 0.15) is 150 Å². The Morgan fingerprint density at radius 3 is 0.729 bits per heavy atom. The molecule has 0 unspecified atom stereocenters. The van der Waals surface area contributed by atoms with Gasteiger partial charge in [-0.1, -0.05) is 289 Å². The number of nitrogens with zero attached hydrogens (tertiary/aromatic N) is 2. The van der Waals surface area contributed by atoms with Gasteiger partial charge in [0, 0.05) is 88.2 Å². The van der Waals surface area contributed by atoms with E-state index in [-0.39, 0.29) is 32.5 Å². The van der Waals surface area contributed by atoms with Gasteiger partial charge in [-0.15, -0.1) is 0 Å². The van der Waals surface area contributed by atoms with Crippen molar-refractivity contribution in [2.24, 2.45) is 0 Å². The molecule has 4 heteroatoms. The van der Waals surface area contributed by atoms with E-state index in [0.717, 1.165) is 43.9 Å². The first-order chi connectivity index (χ1) is 57.0. The molecule has 0 atom stereocenters. The van der Waals surface area contributed by atoms with Crippen LogP contribution in [0.4, 0.5) is 34.1 Å². The van der Waals surface area contributed by atoms with Gasteiger partial charge in [-0.05, 0) is 277 Å². The predicted octanol–water partition coefficient (Wildman–Crippen LogP) is 31.3. The summed E-state index contributed by atoms with van der Waals surface area (Å²) in [5, 5.41) is 4.63. The van der Waals surface area contributed by atoms with Gasteiger partial charge in [0.1, 0.15) is 22.3 Å². The van der Waals surface area contributed by atoms with Crippen molar-refractivity contribution in [1.29, 1.82) is 0 Å². The molecule has 0 radical (unpaired) electrons. The van der Waals surface area contributed by atoms with E-state index in [1.165, 1.54) is 190 Å². The van der Waals surface area contributed by atoms with Gasteiger partial charge in [-0.25, -0.2) is 0 Å². The first-order valence-electron chi connectivity index (χ1n) is 42.0. The van der Waals surface area contributed by atoms with E-state index in [4.69, 9.17) is 8.83 Å². The SMILES string of the molecule is CC1(C)c2ccccc2-c2ccc(N(c3ccc4c(c3)C(C)(C)c3ccccc3-4)c3ccc4c(c3)C(C)(C)c3cc(-c5ccc6c(c5)oc5ccccc56)ccc3-4)cc21.CC1(C)c2ccccc2-c2ccc(N(c3ccc4c(c3)C(C)(C)c3ccccc3-4)c3ccc4c(c3)C(C)(C)c3cc(-c5ccc6oc7ccccc7c6c5)ccc3-4)cc21. The number of fused-ring (bicyclic) bond motifs is 24. The van der Waals surface area contributed by atoms with Gasteiger partial charge in [0.05, 0.1) is 0 Å². The summed E-state index contributed by atoms with van der Waals surface area (Å²) in [7, 11) is 0. The monoisotopic (exact) mass is 1520 g/mol. The molecule has 0 bridgehead atoms. The lowest BCUT2D eigenvalue weighted by molar-refractivity contribution is 0.659. The highest BCUT2D eigenvalue weighted by molar-refractivity contribution is 6.08. The molecule has 568 valence electrons. The minimum atomic E-state index is -0.213. The minimum absolute atomic E-state index is 0.107. The Balaban J connectivity index is 0.000000138. The van der Waals surface area contributed by atoms with Crippen molar-refractivity contribution in [2.45, 2.75) is 116 Å². The Hall–Kier alpha value is -13.3. The third kappa shape index (κ3) is 9.96. The van der Waals surface area contributed by atoms with Crippen molar-refractivity contribution in [3.63, 3.8) is 0 Å². The minimum Gasteiger partial charge on any atom is -0.456 e. The van der Waals surface area contributed by atoms with E-state index >= 15 is 0 Å². The van der Waals surface area contributed by atoms with Crippen LogP contribution in [-0.4, -0.2) is 0 Å². The molecule has 4 nitrogen and oxygen atoms in total. The molecule has 118 heavy (non-hydrogen) atoms. The maximum atomic E-state index is 6.31. The summed E-state index contributed by atoms with van der Waals surface area (Å²) in [6, 6.07) is 123. The molecule has 0 N–H and O–H groups in total. The maximum Gasteiger partial charge on any atom is 0.136 e. The second-order valence-electron chi connectivity index (χ2n) is 37.1. The summed E-state index contributed by atoms with van der Waals surface area (Å²) in [6.07, 6.45) is 0. The Bertz CT molecular complexity index is 7180. The van der Waals surface area contributed by atoms with Crippen LogP contribution in [0.3, 0.4) is 0 Å². The molecule has 0 amide bonds. The number of anilines is 6. The second-order valence-corrected chi connectivity index (χ2v) is 37.1. The topological polar surface area (TPSA) is 32.8 Å². The first kappa shape index (κ1) is 70.2. The van der Waals surface area contributed by atoms with Gasteiger partial charge in [0.2, 0.25) is 0 Å². The van der Waals surface area contributed by atoms with E-state index in [1.807, 2.05) is 24.3 Å². The molecule has 0 aliphatic heterocycles. The fourth-order valence-corrected chi connectivity index (χ4v) is 22.1. The Morgan fingerprint density at radius 2 is 0.381 bits per heavy atom. The third-order valence-electron chi connectivity index (χ3n) is 28.6. The van der Waals surface area contributed by atoms with Crippen molar-refractivity contribution in [2.75, 3.05) is 9.80 Å². The molecule has 16 aromatic carbocycles. The number of benzene rings is 16. The molecular formula is C114H90N2O2. The molecule has 0 spiro atoms. The summed E-state index contributed by atoms with van der Waals surface area (Å²) in [6.45, 7) is 28.6. The van der Waals surface area contributed by atoms with Crippen LogP contribution in [0.15, 0.2) is 336 Å². The Morgan fingerprint density at radius 1 is 0.161 bits per heavy atom. The molecular weight excluding hydrogens is 1430 g/mol. The van der Waals surface area contributed by atoms with Crippen molar-refractivity contribution in [3.8, 4) is 89.0 Å². The molecule has 18 aromatic rings. The molecule has 6 aliphatic rings. The molecule has 6 aliphatic carbocycles. The predicted molar refractivity (Wildman–Crippen MR) is 493 cm³/mol. The highest BCUT2D eigenvalue weighted by atomic mass is 16.3. The van der Waals surface area contributed by atoms with Crippen molar-refractivity contribution < 1.29 is 8.83 Å². The Kier molecular flexibility index (Phi) is 14.7. The Labute approximate surface area is 691 Å². The summed E-state index contributed by atoms with van der Waals surface area (Å²) < 4.78 is 12.5. The van der Waals surface area contributed by atoms with Crippen molar-refractivity contribution in [1.82, 2.24) is 0 Å². The third-order valence-corrected chi connectivity index (χ3v) is 28.6. The lowest BCUT2D eigenvalue weighted by Crippen LogP contribution is -2.19. The number of rotatable bonds is 8. The average Bonchev–Trinajstić information content (AvgIpc) is 1.55. The van der Waals surface area contributed by atoms with E-state index in [9.17, 15) is 0 Å². The summed E-state index contributed by atoms with van der Waals surface area (Å²) >= 11 is 0. The van der Waals surface area contributed by atoms with Gasteiger partial charge < -0.3 is 18.6 Å². The average molecular weight is 1520 g/mol. The van der Waals surface area contributed by atoms with Gasteiger partial charge in [0.25, 0.3) is 0 Å². The van der Waals surface area contributed by atoms with Gasteiger partial charge >= 0.3 is 0 Å². The smallest absolute Gasteiger partial charge is 0.136 e. The van der Waals surface area contributed by atoms with Crippen molar-refractivity contribution in [3.05, 3.63) is 394 Å². The van der Waals surface area contributed by atoms with Crippen LogP contribution in [-0.2, 0) is 32.5 Å². The van der Waals surface area contributed by atoms with Crippen LogP contribution in [0.2, 0.25) is 0 Å². The fraction of sp³-hybridized carbons (Fsp3) is 0.158. The van der Waals surface area contributed by atoms with E-state index < -0.39 is 0 Å². The summed E-state index contributed by atoms with van der Waals surface area (Å²) in [5.41, 5.74) is 47.1. The number of hydrogen-bond donors (Lipinski definition) is 0. The summed E-state index contributed by atoms with van der Waals surface area (Å²) in [4.78, 5) is 5.01. The zero-order valence-corrected chi connectivity index (χ0v) is 68.9. The van der Waals surface area contributed by atoms with Gasteiger partial charge in [-0.3, -0.25) is 0 Å². The highest BCUT2D eigenvalue weighted by Gasteiger charge is 2.44. The lowest BCUT2D eigenvalue weighted by atomic mass is 9.81. The van der Waals surface area contributed by atoms with E-state index in [2.05, 4.69) is 396 Å². The van der Waals surface area contributed by atoms with E-state index in [0.29, 0.717) is 0 Å². The van der Waals surface area contributed by atoms with Crippen LogP contribution in [0.5, 0.6) is 0 Å². The molecule has 0 fully saturated rings. The zero-order valence-electron chi connectivity index (χ0n) is 68.9. The largest absolute Gasteiger partial charge is 0.456 e. The van der Waals surface area contributed by atoms with Gasteiger partial charge in [-0.2, -0.15) is 0 Å². The van der Waals surface area contributed by atoms with E-state index in [1.54, 1.807) is 0 Å². The highest BCUT2D eigenvalue weighted by Crippen LogP contribution is 2.60. The van der Waals surface area contributed by atoms with Crippen LogP contribution < -0.4 is 9.80 Å². The first-order valence-corrected chi connectivity index (χ1v) is 42.0. The van der Waals surface area contributed by atoms with Crippen LogP contribution in [0, 0.1) is 0 Å². The normalized spacial score (nSPS) is 15.7. The molecule has 24 rings (SSSR count). The molecule has 2 heterocycles. The number of para-hydroxylation sites is 2. The molecule has 0 saturated heterocycles. The van der Waals surface area contributed by atoms with Crippen LogP contribution >= 0.6 is 0 Å². The number of hydrogen-bond acceptors (Lipinski definition) is 4. The van der Waals surface area contributed by atoms with Gasteiger partial charge in [0.15, 0.2) is 0 Å². The van der Waals surface area contributed by atoms with Crippen molar-refractivity contribution >= 4 is 78.0 Å². The van der Waals surface area contributed by atoms with Crippen LogP contribution in [0.25, 0.3) is 133 Å².